The number of nitrogens with zero attached hydrogens (tertiary/aromatic N) is 2. The second-order valence-electron chi connectivity index (χ2n) is 5.03. The quantitative estimate of drug-likeness (QED) is 0.919. The molecule has 2 rings (SSSR count). The highest BCUT2D eigenvalue weighted by Crippen LogP contribution is 2.18. The zero-order valence-electron chi connectivity index (χ0n) is 11.2. The molecule has 100 valence electrons. The summed E-state index contributed by atoms with van der Waals surface area (Å²) in [5, 5.41) is 3.47. The smallest absolute Gasteiger partial charge is 0.0364 e. The van der Waals surface area contributed by atoms with E-state index in [4.69, 9.17) is 0 Å². The molecule has 0 aromatic heterocycles. The van der Waals surface area contributed by atoms with Gasteiger partial charge in [-0.15, -0.1) is 0 Å². The van der Waals surface area contributed by atoms with Crippen LogP contribution in [0.3, 0.4) is 0 Å². The lowest BCUT2D eigenvalue weighted by molar-refractivity contribution is 0.192. The summed E-state index contributed by atoms with van der Waals surface area (Å²) in [5.74, 6) is 0. The van der Waals surface area contributed by atoms with E-state index < -0.39 is 0 Å². The summed E-state index contributed by atoms with van der Waals surface area (Å²) in [5.41, 5.74) is 1.28. The first-order valence-corrected chi connectivity index (χ1v) is 7.34. The highest BCUT2D eigenvalue weighted by molar-refractivity contribution is 9.10. The Bertz CT molecular complexity index is 366. The van der Waals surface area contributed by atoms with Crippen LogP contribution >= 0.6 is 15.9 Å². The van der Waals surface area contributed by atoms with Crippen LogP contribution in [0, 0.1) is 0 Å². The van der Waals surface area contributed by atoms with Crippen LogP contribution < -0.4 is 10.2 Å². The number of benzene rings is 1. The van der Waals surface area contributed by atoms with Crippen LogP contribution in [0.1, 0.15) is 6.42 Å². The summed E-state index contributed by atoms with van der Waals surface area (Å²) >= 11 is 3.47. The largest absolute Gasteiger partial charge is 0.375 e. The lowest BCUT2D eigenvalue weighted by Crippen LogP contribution is -2.50. The molecule has 1 aliphatic heterocycles. The molecule has 3 nitrogen and oxygen atoms in total. The number of halogens is 1. The fourth-order valence-electron chi connectivity index (χ4n) is 2.35. The average molecular weight is 312 g/mol. The molecule has 1 heterocycles. The number of hydrogen-bond donors (Lipinski definition) is 1. The Morgan fingerprint density at radius 1 is 1.39 bits per heavy atom. The van der Waals surface area contributed by atoms with E-state index in [9.17, 15) is 0 Å². The van der Waals surface area contributed by atoms with Crippen LogP contribution in [0.15, 0.2) is 28.7 Å². The molecule has 1 N–H and O–H groups in total. The van der Waals surface area contributed by atoms with Gasteiger partial charge in [-0.3, -0.25) is 0 Å². The normalized spacial score (nSPS) is 20.9. The third-order valence-corrected chi connectivity index (χ3v) is 4.24. The average Bonchev–Trinajstić information content (AvgIpc) is 2.38. The molecule has 0 spiro atoms. The molecule has 0 bridgehead atoms. The molecule has 0 aliphatic carbocycles. The second-order valence-corrected chi connectivity index (χ2v) is 5.94. The van der Waals surface area contributed by atoms with Crippen molar-refractivity contribution in [3.63, 3.8) is 0 Å². The molecule has 18 heavy (non-hydrogen) atoms. The molecule has 1 unspecified atom stereocenters. The van der Waals surface area contributed by atoms with Crippen molar-refractivity contribution in [2.45, 2.75) is 12.5 Å². The number of hydrogen-bond acceptors (Lipinski definition) is 3. The van der Waals surface area contributed by atoms with E-state index in [1.165, 1.54) is 12.1 Å². The standard InChI is InChI=1S/C14H22BrN3/c1-17(13-5-3-12(15)4-6-13)9-7-14-11-16-8-10-18(14)2/h3-6,14,16H,7-11H2,1-2H3. The van der Waals surface area contributed by atoms with E-state index in [2.05, 4.69) is 69.4 Å². The molecule has 1 fully saturated rings. The molecule has 1 aliphatic rings. The lowest BCUT2D eigenvalue weighted by Gasteiger charge is -2.34. The molecule has 1 atom stereocenters. The van der Waals surface area contributed by atoms with Crippen molar-refractivity contribution in [1.82, 2.24) is 10.2 Å². The molecule has 1 saturated heterocycles. The first-order valence-electron chi connectivity index (χ1n) is 6.54. The van der Waals surface area contributed by atoms with Gasteiger partial charge in [0.25, 0.3) is 0 Å². The van der Waals surface area contributed by atoms with Crippen LogP contribution in [-0.2, 0) is 0 Å². The van der Waals surface area contributed by atoms with Gasteiger partial charge in [0.1, 0.15) is 0 Å². The second kappa shape index (κ2) is 6.55. The minimum absolute atomic E-state index is 0.664. The lowest BCUT2D eigenvalue weighted by atomic mass is 10.1. The summed E-state index contributed by atoms with van der Waals surface area (Å²) in [6, 6.07) is 9.18. The zero-order chi connectivity index (χ0) is 13.0. The first kappa shape index (κ1) is 13.8. The maximum absolute atomic E-state index is 3.47. The maximum Gasteiger partial charge on any atom is 0.0364 e. The molecule has 0 radical (unpaired) electrons. The monoisotopic (exact) mass is 311 g/mol. The Hall–Kier alpha value is -0.580. The highest BCUT2D eigenvalue weighted by atomic mass is 79.9. The molecule has 0 amide bonds. The predicted molar refractivity (Wildman–Crippen MR) is 81.3 cm³/mol. The highest BCUT2D eigenvalue weighted by Gasteiger charge is 2.18. The first-order chi connectivity index (χ1) is 8.66. The summed E-state index contributed by atoms with van der Waals surface area (Å²) in [6.45, 7) is 4.49. The third kappa shape index (κ3) is 3.70. The van der Waals surface area contributed by atoms with Gasteiger partial charge in [0.05, 0.1) is 0 Å². The molecule has 1 aromatic carbocycles. The van der Waals surface area contributed by atoms with Crippen molar-refractivity contribution < 1.29 is 0 Å². The van der Waals surface area contributed by atoms with Crippen molar-refractivity contribution in [3.05, 3.63) is 28.7 Å². The van der Waals surface area contributed by atoms with E-state index in [0.29, 0.717) is 6.04 Å². The Morgan fingerprint density at radius 3 is 2.78 bits per heavy atom. The Balaban J connectivity index is 1.83. The summed E-state index contributed by atoms with van der Waals surface area (Å²) in [4.78, 5) is 4.79. The van der Waals surface area contributed by atoms with E-state index in [-0.39, 0.29) is 0 Å². The number of rotatable bonds is 4. The fourth-order valence-corrected chi connectivity index (χ4v) is 2.62. The minimum Gasteiger partial charge on any atom is -0.375 e. The molecule has 0 saturated carbocycles. The van der Waals surface area contributed by atoms with Gasteiger partial charge in [0.2, 0.25) is 0 Å². The summed E-state index contributed by atoms with van der Waals surface area (Å²) < 4.78 is 1.14. The van der Waals surface area contributed by atoms with Gasteiger partial charge >= 0.3 is 0 Å². The summed E-state index contributed by atoms with van der Waals surface area (Å²) in [6.07, 6.45) is 1.20. The van der Waals surface area contributed by atoms with Gasteiger partial charge in [-0.25, -0.2) is 0 Å². The van der Waals surface area contributed by atoms with Gasteiger partial charge in [-0.1, -0.05) is 15.9 Å². The van der Waals surface area contributed by atoms with Gasteiger partial charge in [-0.05, 0) is 37.7 Å². The van der Waals surface area contributed by atoms with Crippen molar-refractivity contribution in [3.8, 4) is 0 Å². The van der Waals surface area contributed by atoms with Crippen molar-refractivity contribution in [2.24, 2.45) is 0 Å². The van der Waals surface area contributed by atoms with E-state index in [1.807, 2.05) is 0 Å². The van der Waals surface area contributed by atoms with Crippen molar-refractivity contribution in [2.75, 3.05) is 45.2 Å². The number of nitrogens with one attached hydrogen (secondary N) is 1. The number of anilines is 1. The fraction of sp³-hybridized carbons (Fsp3) is 0.571. The van der Waals surface area contributed by atoms with Gasteiger partial charge in [-0.2, -0.15) is 0 Å². The Labute approximate surface area is 118 Å². The van der Waals surface area contributed by atoms with Crippen LogP contribution in [0.2, 0.25) is 0 Å². The topological polar surface area (TPSA) is 18.5 Å². The van der Waals surface area contributed by atoms with Gasteiger partial charge < -0.3 is 15.1 Å². The molecular weight excluding hydrogens is 290 g/mol. The molecular formula is C14H22BrN3. The van der Waals surface area contributed by atoms with Gasteiger partial charge in [0.15, 0.2) is 0 Å². The SMILES string of the molecule is CN(CCC1CNCCN1C)c1ccc(Br)cc1. The molecule has 1 aromatic rings. The Morgan fingerprint density at radius 2 is 2.11 bits per heavy atom. The summed E-state index contributed by atoms with van der Waals surface area (Å²) in [7, 11) is 4.39. The number of likely N-dealkylation sites (N-methyl/N-ethyl adjacent to an activating group) is 1. The minimum atomic E-state index is 0.664. The van der Waals surface area contributed by atoms with E-state index >= 15 is 0 Å². The predicted octanol–water partition coefficient (Wildman–Crippen LogP) is 2.18. The third-order valence-electron chi connectivity index (χ3n) is 3.71. The van der Waals surface area contributed by atoms with Crippen molar-refractivity contribution >= 4 is 21.6 Å². The van der Waals surface area contributed by atoms with Crippen LogP contribution in [-0.4, -0.2) is 51.2 Å². The van der Waals surface area contributed by atoms with Crippen molar-refractivity contribution in [1.29, 1.82) is 0 Å². The van der Waals surface area contributed by atoms with Crippen LogP contribution in [0.5, 0.6) is 0 Å². The van der Waals surface area contributed by atoms with E-state index in [0.717, 1.165) is 30.7 Å². The van der Waals surface area contributed by atoms with Crippen LogP contribution in [0.4, 0.5) is 5.69 Å². The van der Waals surface area contributed by atoms with Crippen LogP contribution in [0.25, 0.3) is 0 Å². The van der Waals surface area contributed by atoms with Gasteiger partial charge in [0, 0.05) is 49.4 Å². The Kier molecular flexibility index (Phi) is 5.03. The maximum atomic E-state index is 3.47. The zero-order valence-corrected chi connectivity index (χ0v) is 12.8. The molecule has 4 heteroatoms. The van der Waals surface area contributed by atoms with E-state index in [1.54, 1.807) is 0 Å². The number of piperazine rings is 1.